The van der Waals surface area contributed by atoms with Crippen molar-refractivity contribution < 1.29 is 14.3 Å². The molecule has 0 unspecified atom stereocenters. The van der Waals surface area contributed by atoms with Gasteiger partial charge >= 0.3 is 6.09 Å². The third-order valence-corrected chi connectivity index (χ3v) is 7.14. The number of cyclic esters (lactones) is 1. The van der Waals surface area contributed by atoms with Gasteiger partial charge in [-0.2, -0.15) is 0 Å². The highest BCUT2D eigenvalue weighted by atomic mass is 16.6. The van der Waals surface area contributed by atoms with E-state index in [0.717, 1.165) is 25.9 Å². The number of nitrogens with one attached hydrogen (secondary N) is 1. The molecule has 5 heteroatoms. The molecule has 1 N–H and O–H groups in total. The highest BCUT2D eigenvalue weighted by Gasteiger charge is 2.59. The van der Waals surface area contributed by atoms with E-state index in [0.29, 0.717) is 24.4 Å². The van der Waals surface area contributed by atoms with Crippen molar-refractivity contribution in [3.8, 4) is 0 Å². The Hall–Kier alpha value is -2.04. The second-order valence-electron chi connectivity index (χ2n) is 10.1. The summed E-state index contributed by atoms with van der Waals surface area (Å²) in [5.41, 5.74) is 2.72. The Balaban J connectivity index is 1.16. The summed E-state index contributed by atoms with van der Waals surface area (Å²) in [6.07, 6.45) is 1.10. The lowest BCUT2D eigenvalue weighted by Gasteiger charge is -2.43. The Labute approximate surface area is 160 Å². The number of nitrogens with zero attached hydrogens (tertiary/aromatic N) is 1. The van der Waals surface area contributed by atoms with Gasteiger partial charge < -0.3 is 15.0 Å². The predicted octanol–water partition coefficient (Wildman–Crippen LogP) is 3.04. The minimum Gasteiger partial charge on any atom is -0.447 e. The highest BCUT2D eigenvalue weighted by molar-refractivity contribution is 5.82. The number of benzene rings is 1. The van der Waals surface area contributed by atoms with Crippen LogP contribution in [-0.4, -0.2) is 42.1 Å². The third-order valence-electron chi connectivity index (χ3n) is 7.14. The van der Waals surface area contributed by atoms with Crippen molar-refractivity contribution in [1.29, 1.82) is 0 Å². The van der Waals surface area contributed by atoms with Crippen LogP contribution in [0.1, 0.15) is 50.7 Å². The second-order valence-corrected chi connectivity index (χ2v) is 10.1. The van der Waals surface area contributed by atoms with E-state index in [1.54, 1.807) is 0 Å². The van der Waals surface area contributed by atoms with Gasteiger partial charge in [-0.3, -0.25) is 4.79 Å². The van der Waals surface area contributed by atoms with Gasteiger partial charge in [-0.1, -0.05) is 45.0 Å². The molecule has 0 aromatic heterocycles. The quantitative estimate of drug-likeness (QED) is 0.873. The van der Waals surface area contributed by atoms with Crippen LogP contribution in [0.4, 0.5) is 4.79 Å². The van der Waals surface area contributed by atoms with Crippen molar-refractivity contribution in [3.05, 3.63) is 35.4 Å². The second kappa shape index (κ2) is 5.49. The van der Waals surface area contributed by atoms with Gasteiger partial charge in [0.05, 0.1) is 5.54 Å². The zero-order valence-corrected chi connectivity index (χ0v) is 16.3. The molecule has 3 atom stereocenters. The first kappa shape index (κ1) is 17.1. The van der Waals surface area contributed by atoms with Crippen molar-refractivity contribution in [2.45, 2.75) is 50.5 Å². The molecule has 1 aromatic rings. The molecule has 27 heavy (non-hydrogen) atoms. The largest absolute Gasteiger partial charge is 0.447 e. The molecule has 2 saturated heterocycles. The van der Waals surface area contributed by atoms with E-state index in [2.05, 4.69) is 55.3 Å². The van der Waals surface area contributed by atoms with E-state index in [-0.39, 0.29) is 28.9 Å². The third kappa shape index (κ3) is 2.74. The summed E-state index contributed by atoms with van der Waals surface area (Å²) in [7, 11) is 0. The lowest BCUT2D eigenvalue weighted by molar-refractivity contribution is -0.140. The van der Waals surface area contributed by atoms with Crippen LogP contribution in [-0.2, 0) is 14.9 Å². The number of alkyl carbamates (subject to hydrolysis) is 1. The highest BCUT2D eigenvalue weighted by Crippen LogP contribution is 2.58. The predicted molar refractivity (Wildman–Crippen MR) is 101 cm³/mol. The molecule has 144 valence electrons. The Morgan fingerprint density at radius 2 is 1.78 bits per heavy atom. The summed E-state index contributed by atoms with van der Waals surface area (Å²) in [5, 5.41) is 2.87. The Morgan fingerprint density at radius 3 is 2.30 bits per heavy atom. The molecule has 5 nitrogen and oxygen atoms in total. The maximum atomic E-state index is 12.8. The van der Waals surface area contributed by atoms with Crippen LogP contribution in [0.2, 0.25) is 0 Å². The monoisotopic (exact) mass is 368 g/mol. The van der Waals surface area contributed by atoms with Gasteiger partial charge in [0.15, 0.2) is 0 Å². The Morgan fingerprint density at radius 1 is 1.15 bits per heavy atom. The summed E-state index contributed by atoms with van der Waals surface area (Å²) >= 11 is 0. The number of likely N-dealkylation sites (tertiary alicyclic amines) is 1. The molecule has 4 aliphatic rings. The van der Waals surface area contributed by atoms with Crippen LogP contribution < -0.4 is 5.32 Å². The van der Waals surface area contributed by atoms with Crippen molar-refractivity contribution in [3.63, 3.8) is 0 Å². The van der Waals surface area contributed by atoms with Crippen LogP contribution in [0.3, 0.4) is 0 Å². The molecule has 0 radical (unpaired) electrons. The molecule has 2 aliphatic heterocycles. The van der Waals surface area contributed by atoms with E-state index in [4.69, 9.17) is 4.74 Å². The molecular weight excluding hydrogens is 340 g/mol. The van der Waals surface area contributed by atoms with Crippen LogP contribution in [0.5, 0.6) is 0 Å². The minimum absolute atomic E-state index is 0.0500. The maximum Gasteiger partial charge on any atom is 0.407 e. The molecule has 5 rings (SSSR count). The summed E-state index contributed by atoms with van der Waals surface area (Å²) in [6, 6.07) is 9.10. The van der Waals surface area contributed by atoms with Crippen molar-refractivity contribution >= 4 is 12.0 Å². The smallest absolute Gasteiger partial charge is 0.407 e. The van der Waals surface area contributed by atoms with E-state index >= 15 is 0 Å². The van der Waals surface area contributed by atoms with Gasteiger partial charge in [-0.15, -0.1) is 0 Å². The van der Waals surface area contributed by atoms with Gasteiger partial charge in [0.25, 0.3) is 0 Å². The first-order chi connectivity index (χ1) is 12.8. The Kier molecular flexibility index (Phi) is 3.47. The zero-order chi connectivity index (χ0) is 19.0. The average Bonchev–Trinajstić information content (AvgIpc) is 2.93. The molecule has 2 saturated carbocycles. The lowest BCUT2D eigenvalue weighted by Crippen LogP contribution is -2.58. The van der Waals surface area contributed by atoms with Gasteiger partial charge in [-0.25, -0.2) is 4.79 Å². The summed E-state index contributed by atoms with van der Waals surface area (Å²) in [4.78, 5) is 26.1. The number of rotatable bonds is 2. The summed E-state index contributed by atoms with van der Waals surface area (Å²) in [5.74, 6) is 2.19. The summed E-state index contributed by atoms with van der Waals surface area (Å²) in [6.45, 7) is 8.91. The molecule has 2 heterocycles. The van der Waals surface area contributed by atoms with Crippen LogP contribution in [0, 0.1) is 17.8 Å². The molecule has 4 fully saturated rings. The van der Waals surface area contributed by atoms with Gasteiger partial charge in [0.1, 0.15) is 6.61 Å². The van der Waals surface area contributed by atoms with E-state index in [1.807, 2.05) is 0 Å². The molecule has 2 amide bonds. The van der Waals surface area contributed by atoms with Gasteiger partial charge in [-0.05, 0) is 47.1 Å². The van der Waals surface area contributed by atoms with E-state index < -0.39 is 0 Å². The molecule has 1 spiro atoms. The number of piperidine rings is 1. The van der Waals surface area contributed by atoms with Crippen molar-refractivity contribution in [1.82, 2.24) is 10.2 Å². The first-order valence-electron chi connectivity index (χ1n) is 10.1. The average molecular weight is 368 g/mol. The SMILES string of the molecule is CC(C)(C)c1ccc([C@@H]2[C@@H]3CN(C(=O)C4CC5(COC(=O)N5)C4)C[C@@H]32)cc1. The molecule has 0 bridgehead atoms. The van der Waals surface area contributed by atoms with Crippen LogP contribution in [0.15, 0.2) is 24.3 Å². The van der Waals surface area contributed by atoms with Crippen molar-refractivity contribution in [2.75, 3.05) is 19.7 Å². The maximum absolute atomic E-state index is 12.8. The number of ether oxygens (including phenoxy) is 1. The van der Waals surface area contributed by atoms with Gasteiger partial charge in [0.2, 0.25) is 5.91 Å². The van der Waals surface area contributed by atoms with Crippen LogP contribution in [0.25, 0.3) is 0 Å². The fraction of sp³-hybridized carbons (Fsp3) is 0.636. The normalized spacial score (nSPS) is 36.9. The lowest BCUT2D eigenvalue weighted by atomic mass is 9.68. The fourth-order valence-corrected chi connectivity index (χ4v) is 5.43. The molecular formula is C22H28N2O3. The van der Waals surface area contributed by atoms with Gasteiger partial charge in [0, 0.05) is 19.0 Å². The number of carbonyl (C=O) groups is 2. The van der Waals surface area contributed by atoms with Crippen LogP contribution >= 0.6 is 0 Å². The zero-order valence-electron chi connectivity index (χ0n) is 16.3. The molecule has 1 aromatic carbocycles. The topological polar surface area (TPSA) is 58.6 Å². The fourth-order valence-electron chi connectivity index (χ4n) is 5.43. The van der Waals surface area contributed by atoms with Crippen molar-refractivity contribution in [2.24, 2.45) is 17.8 Å². The number of carbonyl (C=O) groups excluding carboxylic acids is 2. The van der Waals surface area contributed by atoms with E-state index in [1.165, 1.54) is 11.1 Å². The molecule has 2 aliphatic carbocycles. The minimum atomic E-state index is -0.344. The number of fused-ring (bicyclic) bond motifs is 1. The number of hydrogen-bond acceptors (Lipinski definition) is 3. The standard InChI is InChI=1S/C22H28N2O3/c1-21(2,3)15-6-4-13(5-7-15)18-16-10-24(11-17(16)18)19(25)14-8-22(9-14)12-27-20(26)23-22/h4-7,14,16-18H,8-12H2,1-3H3,(H,23,26)/t14?,16-,17+,18-,22?. The first-order valence-corrected chi connectivity index (χ1v) is 10.1. The number of hydrogen-bond donors (Lipinski definition) is 1. The Bertz CT molecular complexity index is 777. The number of amides is 2. The van der Waals surface area contributed by atoms with E-state index in [9.17, 15) is 9.59 Å². The summed E-state index contributed by atoms with van der Waals surface area (Å²) < 4.78 is 5.01.